The molecular weight excluding hydrogens is 342 g/mol. The molecule has 0 spiro atoms. The topological polar surface area (TPSA) is 79.6 Å². The molecule has 0 saturated heterocycles. The van der Waals surface area contributed by atoms with Gasteiger partial charge in [0.2, 0.25) is 0 Å². The summed E-state index contributed by atoms with van der Waals surface area (Å²) >= 11 is 0. The summed E-state index contributed by atoms with van der Waals surface area (Å²) in [6.45, 7) is 5.52. The molecule has 2 N–H and O–H groups in total. The van der Waals surface area contributed by atoms with Gasteiger partial charge in [-0.3, -0.25) is 0 Å². The van der Waals surface area contributed by atoms with E-state index in [0.29, 0.717) is 19.7 Å². The van der Waals surface area contributed by atoms with E-state index in [1.165, 1.54) is 5.69 Å². The quantitative estimate of drug-likeness (QED) is 0.372. The maximum absolute atomic E-state index is 5.11. The minimum absolute atomic E-state index is 0.476. The summed E-state index contributed by atoms with van der Waals surface area (Å²) in [4.78, 5) is 6.87. The second kappa shape index (κ2) is 11.2. The summed E-state index contributed by atoms with van der Waals surface area (Å²) in [5.41, 5.74) is 1.22. The summed E-state index contributed by atoms with van der Waals surface area (Å²) in [7, 11) is 5.75. The number of hydrogen-bond donors (Lipinski definition) is 2. The van der Waals surface area contributed by atoms with Gasteiger partial charge in [-0.05, 0) is 25.5 Å². The molecule has 0 saturated carbocycles. The second-order valence-electron chi connectivity index (χ2n) is 6.34. The van der Waals surface area contributed by atoms with E-state index in [2.05, 4.69) is 62.0 Å². The van der Waals surface area contributed by atoms with E-state index in [1.54, 1.807) is 7.11 Å². The number of aromatic nitrogens is 3. The number of ether oxygens (including phenoxy) is 1. The minimum atomic E-state index is 0.476. The molecule has 8 heteroatoms. The van der Waals surface area contributed by atoms with Gasteiger partial charge in [-0.25, -0.2) is 4.99 Å². The zero-order chi connectivity index (χ0) is 19.5. The first kappa shape index (κ1) is 20.7. The van der Waals surface area contributed by atoms with Crippen molar-refractivity contribution in [2.24, 2.45) is 12.0 Å². The fraction of sp³-hybridized carbons (Fsp3) is 0.526. The van der Waals surface area contributed by atoms with Crippen molar-refractivity contribution < 1.29 is 4.74 Å². The van der Waals surface area contributed by atoms with Crippen molar-refractivity contribution in [1.29, 1.82) is 0 Å². The lowest BCUT2D eigenvalue weighted by atomic mass is 10.3. The summed E-state index contributed by atoms with van der Waals surface area (Å²) in [6, 6.07) is 10.4. The molecule has 1 heterocycles. The van der Waals surface area contributed by atoms with E-state index in [1.807, 2.05) is 24.6 Å². The molecule has 0 fully saturated rings. The van der Waals surface area contributed by atoms with E-state index < -0.39 is 0 Å². The molecule has 0 bridgehead atoms. The number of anilines is 1. The summed E-state index contributed by atoms with van der Waals surface area (Å²) < 4.78 is 7.05. The van der Waals surface area contributed by atoms with E-state index >= 15 is 0 Å². The SMILES string of the molecule is COCCNC(=NCc1nnc(C)n1C)NCCCN(C)c1ccccc1. The first-order chi connectivity index (χ1) is 13.1. The van der Waals surface area contributed by atoms with E-state index in [4.69, 9.17) is 4.74 Å². The van der Waals surface area contributed by atoms with Gasteiger partial charge in [0.1, 0.15) is 12.4 Å². The Kier molecular flexibility index (Phi) is 8.57. The molecular formula is C19H31N7O. The molecule has 2 rings (SSSR count). The molecule has 1 aromatic heterocycles. The molecule has 27 heavy (non-hydrogen) atoms. The van der Waals surface area contributed by atoms with E-state index in [-0.39, 0.29) is 0 Å². The summed E-state index contributed by atoms with van der Waals surface area (Å²) in [5, 5.41) is 14.9. The summed E-state index contributed by atoms with van der Waals surface area (Å²) in [5.74, 6) is 2.48. The molecule has 0 atom stereocenters. The Morgan fingerprint density at radius 3 is 2.59 bits per heavy atom. The Morgan fingerprint density at radius 2 is 1.93 bits per heavy atom. The predicted octanol–water partition coefficient (Wildman–Crippen LogP) is 1.33. The number of guanidine groups is 1. The van der Waals surface area contributed by atoms with Gasteiger partial charge in [-0.2, -0.15) is 0 Å². The second-order valence-corrected chi connectivity index (χ2v) is 6.34. The molecule has 8 nitrogen and oxygen atoms in total. The lowest BCUT2D eigenvalue weighted by Crippen LogP contribution is -2.40. The lowest BCUT2D eigenvalue weighted by molar-refractivity contribution is 0.203. The van der Waals surface area contributed by atoms with Crippen molar-refractivity contribution in [1.82, 2.24) is 25.4 Å². The van der Waals surface area contributed by atoms with Crippen molar-refractivity contribution in [3.8, 4) is 0 Å². The molecule has 0 aliphatic carbocycles. The highest BCUT2D eigenvalue weighted by Gasteiger charge is 2.05. The zero-order valence-electron chi connectivity index (χ0n) is 16.8. The van der Waals surface area contributed by atoms with Crippen LogP contribution in [-0.2, 0) is 18.3 Å². The van der Waals surface area contributed by atoms with Crippen molar-refractivity contribution in [2.75, 3.05) is 45.3 Å². The molecule has 2 aromatic rings. The van der Waals surface area contributed by atoms with Crippen molar-refractivity contribution in [3.63, 3.8) is 0 Å². The van der Waals surface area contributed by atoms with Crippen LogP contribution in [-0.4, -0.2) is 61.1 Å². The first-order valence-corrected chi connectivity index (χ1v) is 9.24. The van der Waals surface area contributed by atoms with Crippen molar-refractivity contribution in [3.05, 3.63) is 42.0 Å². The van der Waals surface area contributed by atoms with Gasteiger partial charge in [0.05, 0.1) is 6.61 Å². The van der Waals surface area contributed by atoms with Crippen molar-refractivity contribution >= 4 is 11.6 Å². The first-order valence-electron chi connectivity index (χ1n) is 9.24. The van der Waals surface area contributed by atoms with Gasteiger partial charge in [0.15, 0.2) is 11.8 Å². The third-order valence-corrected chi connectivity index (χ3v) is 4.32. The van der Waals surface area contributed by atoms with Crippen LogP contribution in [0.4, 0.5) is 5.69 Å². The number of para-hydroxylation sites is 1. The Balaban J connectivity index is 1.82. The molecule has 148 valence electrons. The van der Waals surface area contributed by atoms with Crippen LogP contribution in [0.15, 0.2) is 35.3 Å². The van der Waals surface area contributed by atoms with Crippen LogP contribution in [0.3, 0.4) is 0 Å². The molecule has 0 unspecified atom stereocenters. The van der Waals surface area contributed by atoms with Crippen LogP contribution < -0.4 is 15.5 Å². The van der Waals surface area contributed by atoms with E-state index in [0.717, 1.165) is 37.1 Å². The third kappa shape index (κ3) is 6.90. The van der Waals surface area contributed by atoms with E-state index in [9.17, 15) is 0 Å². The van der Waals surface area contributed by atoms with Crippen LogP contribution in [0.1, 0.15) is 18.1 Å². The van der Waals surface area contributed by atoms with Crippen LogP contribution >= 0.6 is 0 Å². The number of nitrogens with one attached hydrogen (secondary N) is 2. The average Bonchev–Trinajstić information content (AvgIpc) is 3.01. The van der Waals surface area contributed by atoms with Crippen LogP contribution in [0.2, 0.25) is 0 Å². The predicted molar refractivity (Wildman–Crippen MR) is 109 cm³/mol. The van der Waals surface area contributed by atoms with Crippen LogP contribution in [0, 0.1) is 6.92 Å². The standard InChI is InChI=1S/C19H31N7O/c1-16-23-24-18(26(16)3)15-22-19(21-12-14-27-4)20-11-8-13-25(2)17-9-6-5-7-10-17/h5-7,9-10H,8,11-15H2,1-4H3,(H2,20,21,22). The maximum Gasteiger partial charge on any atom is 0.191 e. The molecule has 0 aliphatic heterocycles. The number of methoxy groups -OCH3 is 1. The van der Waals surface area contributed by atoms with Gasteiger partial charge >= 0.3 is 0 Å². The minimum Gasteiger partial charge on any atom is -0.383 e. The molecule has 0 radical (unpaired) electrons. The Morgan fingerprint density at radius 1 is 1.19 bits per heavy atom. The highest BCUT2D eigenvalue weighted by atomic mass is 16.5. The third-order valence-electron chi connectivity index (χ3n) is 4.32. The van der Waals surface area contributed by atoms with Gasteiger partial charge in [-0.15, -0.1) is 10.2 Å². The van der Waals surface area contributed by atoms with Crippen LogP contribution in [0.5, 0.6) is 0 Å². The maximum atomic E-state index is 5.11. The lowest BCUT2D eigenvalue weighted by Gasteiger charge is -2.19. The molecule has 1 aromatic carbocycles. The normalized spacial score (nSPS) is 11.5. The Bertz CT molecular complexity index is 699. The highest BCUT2D eigenvalue weighted by Crippen LogP contribution is 2.10. The number of nitrogens with zero attached hydrogens (tertiary/aromatic N) is 5. The van der Waals surface area contributed by atoms with Gasteiger partial charge in [0, 0.05) is 46.5 Å². The van der Waals surface area contributed by atoms with Crippen molar-refractivity contribution in [2.45, 2.75) is 19.9 Å². The van der Waals surface area contributed by atoms with Gasteiger partial charge in [0.25, 0.3) is 0 Å². The Labute approximate surface area is 161 Å². The monoisotopic (exact) mass is 373 g/mol. The smallest absolute Gasteiger partial charge is 0.191 e. The highest BCUT2D eigenvalue weighted by molar-refractivity contribution is 5.79. The number of aliphatic imine (C=N–C) groups is 1. The van der Waals surface area contributed by atoms with Gasteiger partial charge < -0.3 is 24.8 Å². The number of rotatable bonds is 10. The number of hydrogen-bond acceptors (Lipinski definition) is 5. The number of aryl methyl sites for hydroxylation is 1. The fourth-order valence-corrected chi connectivity index (χ4v) is 2.52. The van der Waals surface area contributed by atoms with Gasteiger partial charge in [-0.1, -0.05) is 18.2 Å². The largest absolute Gasteiger partial charge is 0.383 e. The zero-order valence-corrected chi connectivity index (χ0v) is 16.8. The van der Waals surface area contributed by atoms with Crippen LogP contribution in [0.25, 0.3) is 0 Å². The number of benzene rings is 1. The average molecular weight is 374 g/mol. The summed E-state index contributed by atoms with van der Waals surface area (Å²) in [6.07, 6.45) is 0.999. The Hall–Kier alpha value is -2.61. The molecule has 0 amide bonds. The molecule has 0 aliphatic rings. The fourth-order valence-electron chi connectivity index (χ4n) is 2.52.